The van der Waals surface area contributed by atoms with Crippen molar-refractivity contribution in [3.8, 4) is 0 Å². The van der Waals surface area contributed by atoms with Gasteiger partial charge in [-0.05, 0) is 70.3 Å². The molecule has 4 N–H and O–H groups in total. The van der Waals surface area contributed by atoms with Gasteiger partial charge in [0.2, 0.25) is 29.9 Å². The molecule has 64 heavy (non-hydrogen) atoms. The van der Waals surface area contributed by atoms with Gasteiger partial charge in [0.25, 0.3) is 5.91 Å². The van der Waals surface area contributed by atoms with Crippen molar-refractivity contribution in [2.24, 2.45) is 17.8 Å². The Kier molecular flexibility index (Phi) is 39.7. The Bertz CT molecular complexity index is 1430. The Morgan fingerprint density at radius 3 is 1.80 bits per heavy atom. The first-order valence-corrected chi connectivity index (χ1v) is 24.4. The van der Waals surface area contributed by atoms with Gasteiger partial charge in [0.05, 0.1) is 19.2 Å². The molecule has 1 aromatic rings. The lowest BCUT2D eigenvalue weighted by Gasteiger charge is -2.28. The van der Waals surface area contributed by atoms with Crippen LogP contribution in [-0.4, -0.2) is 115 Å². The van der Waals surface area contributed by atoms with Crippen molar-refractivity contribution in [1.29, 1.82) is 0 Å². The Balaban J connectivity index is -0.00000108. The third kappa shape index (κ3) is 30.3. The zero-order valence-corrected chi connectivity index (χ0v) is 43.2. The maximum Gasteiger partial charge on any atom is 0.407 e. The van der Waals surface area contributed by atoms with Crippen LogP contribution in [0.15, 0.2) is 30.3 Å². The van der Waals surface area contributed by atoms with Crippen LogP contribution >= 0.6 is 23.2 Å². The lowest BCUT2D eigenvalue weighted by atomic mass is 9.85. The normalized spacial score (nSPS) is 15.0. The highest BCUT2D eigenvalue weighted by Crippen LogP contribution is 2.31. The summed E-state index contributed by atoms with van der Waals surface area (Å²) in [5.74, 6) is -1.57. The average Bonchev–Trinajstić information content (AvgIpc) is 4.14. The molecule has 0 aromatic heterocycles. The lowest BCUT2D eigenvalue weighted by Crippen LogP contribution is -2.53. The second kappa shape index (κ2) is 39.5. The minimum absolute atomic E-state index is 0.154. The third-order valence-corrected chi connectivity index (χ3v) is 9.97. The number of hydrogen-bond acceptors (Lipinski definition) is 8. The molecule has 2 aliphatic rings. The van der Waals surface area contributed by atoms with E-state index in [9.17, 15) is 33.6 Å². The van der Waals surface area contributed by atoms with E-state index in [0.717, 1.165) is 5.92 Å². The highest BCUT2D eigenvalue weighted by molar-refractivity contribution is 6.38. The molecule has 0 spiro atoms. The summed E-state index contributed by atoms with van der Waals surface area (Å²) >= 11 is 10.6. The molecule has 2 saturated carbocycles. The van der Waals surface area contributed by atoms with Crippen LogP contribution in [0, 0.1) is 17.8 Å². The number of halogens is 2. The number of alkyl carbamates (subject to hydrolysis) is 1. The minimum Gasteiger partial charge on any atom is -0.449 e. The number of nitrogens with one attached hydrogen (secondary N) is 4. The molecular formula is C48H86Cl2N6O8. The number of ether oxygens (including phenoxy) is 1. The van der Waals surface area contributed by atoms with Gasteiger partial charge >= 0.3 is 6.09 Å². The summed E-state index contributed by atoms with van der Waals surface area (Å²) in [4.78, 5) is 87.7. The van der Waals surface area contributed by atoms with E-state index in [0.29, 0.717) is 30.4 Å². The summed E-state index contributed by atoms with van der Waals surface area (Å²) in [6, 6.07) is 5.73. The van der Waals surface area contributed by atoms with E-state index in [1.807, 2.05) is 27.7 Å². The Hall–Kier alpha value is -3.91. The molecule has 2 aliphatic carbocycles. The monoisotopic (exact) mass is 945 g/mol. The van der Waals surface area contributed by atoms with Crippen molar-refractivity contribution >= 4 is 65.1 Å². The number of ketones is 1. The molecule has 2 fully saturated rings. The van der Waals surface area contributed by atoms with Crippen LogP contribution in [0.1, 0.15) is 152 Å². The number of rotatable bonds is 19. The van der Waals surface area contributed by atoms with Gasteiger partial charge in [-0.1, -0.05) is 124 Å². The van der Waals surface area contributed by atoms with Crippen LogP contribution in [0.2, 0.25) is 0 Å². The molecule has 0 saturated heterocycles. The maximum atomic E-state index is 12.7. The molecule has 6 amide bonds. The molecule has 16 heteroatoms. The van der Waals surface area contributed by atoms with Crippen molar-refractivity contribution in [2.45, 2.75) is 170 Å². The topological polar surface area (TPSA) is 183 Å². The summed E-state index contributed by atoms with van der Waals surface area (Å²) in [6.45, 7) is 21.6. The summed E-state index contributed by atoms with van der Waals surface area (Å²) in [6.07, 6.45) is 14.0. The fourth-order valence-corrected chi connectivity index (χ4v) is 6.21. The Morgan fingerprint density at radius 2 is 1.38 bits per heavy atom. The zero-order valence-electron chi connectivity index (χ0n) is 41.7. The van der Waals surface area contributed by atoms with E-state index in [-0.39, 0.29) is 31.0 Å². The minimum atomic E-state index is -1.22. The van der Waals surface area contributed by atoms with Gasteiger partial charge < -0.3 is 35.8 Å². The van der Waals surface area contributed by atoms with E-state index in [1.165, 1.54) is 80.9 Å². The van der Waals surface area contributed by atoms with Crippen molar-refractivity contribution < 1.29 is 38.3 Å². The number of amides is 6. The number of Topliss-reactive ketones (excluding diaryl/α,β-unsaturated/α-hetero) is 1. The fourth-order valence-electron chi connectivity index (χ4n) is 6.04. The summed E-state index contributed by atoms with van der Waals surface area (Å²) in [7, 11) is 3.10. The largest absolute Gasteiger partial charge is 0.449 e. The molecule has 3 rings (SSSR count). The Labute approximate surface area is 396 Å². The van der Waals surface area contributed by atoms with Crippen LogP contribution in [0.4, 0.5) is 4.79 Å². The number of likely N-dealkylation sites (N-methyl/N-ethyl adjacent to an activating group) is 2. The van der Waals surface area contributed by atoms with Crippen molar-refractivity contribution in [2.75, 3.05) is 40.2 Å². The van der Waals surface area contributed by atoms with Crippen molar-refractivity contribution in [3.05, 3.63) is 35.9 Å². The van der Waals surface area contributed by atoms with Crippen LogP contribution in [0.25, 0.3) is 0 Å². The first kappa shape index (κ1) is 64.4. The van der Waals surface area contributed by atoms with Crippen LogP contribution < -0.4 is 21.3 Å². The number of carbonyl (C=O) groups excluding carboxylic acids is 7. The molecule has 14 nitrogen and oxygen atoms in total. The van der Waals surface area contributed by atoms with Gasteiger partial charge in [-0.3, -0.25) is 28.8 Å². The van der Waals surface area contributed by atoms with E-state index in [1.54, 1.807) is 58.3 Å². The highest BCUT2D eigenvalue weighted by atomic mass is 35.5. The highest BCUT2D eigenvalue weighted by Gasteiger charge is 2.31. The molecule has 0 bridgehead atoms. The first-order chi connectivity index (χ1) is 30.4. The number of benzene rings is 1. The molecule has 0 heterocycles. The standard InChI is InChI=1S/C24H34ClN5O6.C13H25NO2.C5H10.C3H8.C2H6.CH3Cl/c1-6-30(14-31)18(12-15(2)25)22(34)27-16(3)21(33)23(35)26-13-19(32)28-20(24(36)29(4)5)17-10-8-7-9-11-17;1-10(2)9-16-13(15)14-11(3)12-7-5-4-6-8-12;1-2-5-3-4-5;1-3-2;2*1-2/h7-11,14-16,18,20H,6,12-13H2,1-5H3,(H,26,35)(H,27,34)(H,28,32);10-12H,4-9H2,1-3H3,(H,14,15);5H,2-4H2,1H3;3H2,1-2H3;1-2H3;1H3/t15-,16?,18?,20?;;;;;/m1...../s1. The Morgan fingerprint density at radius 1 is 0.828 bits per heavy atom. The van der Waals surface area contributed by atoms with Crippen LogP contribution in [0.5, 0.6) is 0 Å². The second-order valence-corrected chi connectivity index (χ2v) is 17.0. The van der Waals surface area contributed by atoms with E-state index in [2.05, 4.69) is 60.6 Å². The number of nitrogens with zero attached hydrogens (tertiary/aromatic N) is 2. The van der Waals surface area contributed by atoms with Crippen LogP contribution in [-0.2, 0) is 33.5 Å². The quantitative estimate of drug-likeness (QED) is 0.0606. The molecule has 5 atom stereocenters. The average molecular weight is 946 g/mol. The van der Waals surface area contributed by atoms with Gasteiger partial charge in [0.1, 0.15) is 12.1 Å². The van der Waals surface area contributed by atoms with E-state index < -0.39 is 53.6 Å². The molecule has 0 aliphatic heterocycles. The van der Waals surface area contributed by atoms with Gasteiger partial charge in [-0.2, -0.15) is 0 Å². The summed E-state index contributed by atoms with van der Waals surface area (Å²) in [5, 5.41) is 9.71. The fraction of sp³-hybridized carbons (Fsp3) is 0.729. The maximum absolute atomic E-state index is 12.7. The lowest BCUT2D eigenvalue weighted by molar-refractivity contribution is -0.141. The van der Waals surface area contributed by atoms with Gasteiger partial charge in [-0.25, -0.2) is 4.79 Å². The number of hydrogen-bond donors (Lipinski definition) is 4. The van der Waals surface area contributed by atoms with Gasteiger partial charge in [0, 0.05) is 38.4 Å². The molecule has 0 radical (unpaired) electrons. The van der Waals surface area contributed by atoms with Crippen LogP contribution in [0.3, 0.4) is 0 Å². The third-order valence-electron chi connectivity index (χ3n) is 9.79. The van der Waals surface area contributed by atoms with E-state index in [4.69, 9.17) is 16.3 Å². The van der Waals surface area contributed by atoms with Gasteiger partial charge in [-0.15, -0.1) is 23.2 Å². The zero-order chi connectivity index (χ0) is 49.8. The molecule has 1 aromatic carbocycles. The molecular weight excluding hydrogens is 859 g/mol. The number of carbonyl (C=O) groups is 7. The predicted octanol–water partition coefficient (Wildman–Crippen LogP) is 8.43. The second-order valence-electron chi connectivity index (χ2n) is 16.3. The van der Waals surface area contributed by atoms with Gasteiger partial charge in [0.15, 0.2) is 0 Å². The molecule has 4 unspecified atom stereocenters. The first-order valence-electron chi connectivity index (χ1n) is 23.2. The van der Waals surface area contributed by atoms with E-state index >= 15 is 0 Å². The summed E-state index contributed by atoms with van der Waals surface area (Å²) in [5.41, 5.74) is 0.556. The molecule has 370 valence electrons. The smallest absolute Gasteiger partial charge is 0.407 e. The predicted molar refractivity (Wildman–Crippen MR) is 261 cm³/mol. The summed E-state index contributed by atoms with van der Waals surface area (Å²) < 4.78 is 5.11. The van der Waals surface area contributed by atoms with Crippen molar-refractivity contribution in [3.63, 3.8) is 0 Å². The van der Waals surface area contributed by atoms with Crippen molar-refractivity contribution in [1.82, 2.24) is 31.1 Å². The SMILES string of the molecule is CC.CC(C)COC(=O)NC(C)C1CCCCC1.CCC.CCC1CC1.CCN(C=O)C(C[C@@H](C)Cl)C(=O)NC(C)C(=O)C(=O)NCC(=O)NC(C(=O)N(C)C)c1ccccc1.CCl. The number of alkyl halides is 2.